The van der Waals surface area contributed by atoms with Gasteiger partial charge in [0, 0.05) is 23.6 Å². The molecule has 2 aliphatic rings. The normalized spacial score (nSPS) is 20.0. The molecule has 0 bridgehead atoms. The van der Waals surface area contributed by atoms with Gasteiger partial charge in [-0.2, -0.15) is 0 Å². The molecule has 1 aromatic heterocycles. The van der Waals surface area contributed by atoms with Gasteiger partial charge in [-0.3, -0.25) is 14.5 Å². The number of carbonyl (C=O) groups excluding carboxylic acids is 3. The minimum absolute atomic E-state index is 0.293. The quantitative estimate of drug-likeness (QED) is 0.525. The molecular formula is C25H26N4O3. The summed E-state index contributed by atoms with van der Waals surface area (Å²) in [4.78, 5) is 42.4. The Balaban J connectivity index is 1.22. The maximum absolute atomic E-state index is 13.1. The zero-order valence-electron chi connectivity index (χ0n) is 18.0. The number of fused-ring (bicyclic) bond motifs is 2. The van der Waals surface area contributed by atoms with Crippen molar-refractivity contribution in [1.29, 1.82) is 0 Å². The first-order valence-corrected chi connectivity index (χ1v) is 11.0. The Labute approximate surface area is 186 Å². The van der Waals surface area contributed by atoms with E-state index in [1.165, 1.54) is 11.1 Å². The van der Waals surface area contributed by atoms with Crippen molar-refractivity contribution in [3.63, 3.8) is 0 Å². The number of H-pyrrole nitrogens is 1. The highest BCUT2D eigenvalue weighted by Crippen LogP contribution is 2.32. The molecule has 2 aromatic carbocycles. The lowest BCUT2D eigenvalue weighted by Crippen LogP contribution is -2.43. The van der Waals surface area contributed by atoms with Crippen molar-refractivity contribution in [3.05, 3.63) is 70.9 Å². The van der Waals surface area contributed by atoms with Crippen molar-refractivity contribution in [2.45, 2.75) is 38.1 Å². The number of aryl methyl sites for hydroxylation is 2. The van der Waals surface area contributed by atoms with Crippen molar-refractivity contribution in [2.75, 3.05) is 13.1 Å². The van der Waals surface area contributed by atoms with Crippen LogP contribution in [0.2, 0.25) is 0 Å². The lowest BCUT2D eigenvalue weighted by molar-refractivity contribution is -0.134. The zero-order chi connectivity index (χ0) is 22.3. The van der Waals surface area contributed by atoms with E-state index >= 15 is 0 Å². The highest BCUT2D eigenvalue weighted by molar-refractivity contribution is 6.09. The molecule has 0 radical (unpaired) electrons. The molecule has 1 unspecified atom stereocenters. The average molecular weight is 431 g/mol. The van der Waals surface area contributed by atoms with E-state index in [1.54, 1.807) is 6.92 Å². The number of hydrogen-bond acceptors (Lipinski definition) is 3. The Morgan fingerprint density at radius 1 is 1.12 bits per heavy atom. The van der Waals surface area contributed by atoms with E-state index in [4.69, 9.17) is 0 Å². The van der Waals surface area contributed by atoms with Crippen molar-refractivity contribution >= 4 is 28.7 Å². The van der Waals surface area contributed by atoms with Crippen LogP contribution in [-0.2, 0) is 34.4 Å². The van der Waals surface area contributed by atoms with E-state index in [-0.39, 0.29) is 12.5 Å². The topological polar surface area (TPSA) is 94.3 Å². The Morgan fingerprint density at radius 2 is 1.94 bits per heavy atom. The fraction of sp³-hybridized carbons (Fsp3) is 0.320. The van der Waals surface area contributed by atoms with Gasteiger partial charge < -0.3 is 15.6 Å². The summed E-state index contributed by atoms with van der Waals surface area (Å²) in [6, 6.07) is 13.4. The number of nitrogens with one attached hydrogen (secondary N) is 3. The molecule has 1 saturated heterocycles. The van der Waals surface area contributed by atoms with Gasteiger partial charge in [0.05, 0.1) is 0 Å². The molecule has 1 aliphatic heterocycles. The molecule has 1 fully saturated rings. The van der Waals surface area contributed by atoms with Crippen LogP contribution in [0.4, 0.5) is 4.79 Å². The fourth-order valence-corrected chi connectivity index (χ4v) is 4.79. The van der Waals surface area contributed by atoms with Crippen LogP contribution in [0.5, 0.6) is 0 Å². The summed E-state index contributed by atoms with van der Waals surface area (Å²) in [5, 5.41) is 6.75. The molecule has 4 amide bonds. The Morgan fingerprint density at radius 3 is 2.81 bits per heavy atom. The van der Waals surface area contributed by atoms with Crippen molar-refractivity contribution in [3.8, 4) is 0 Å². The Kier molecular flexibility index (Phi) is 4.96. The summed E-state index contributed by atoms with van der Waals surface area (Å²) in [6.45, 7) is 1.84. The summed E-state index contributed by atoms with van der Waals surface area (Å²) in [5.74, 6) is -0.751. The summed E-state index contributed by atoms with van der Waals surface area (Å²) in [6.07, 6.45) is 5.75. The van der Waals surface area contributed by atoms with E-state index in [0.717, 1.165) is 46.2 Å². The van der Waals surface area contributed by atoms with Crippen LogP contribution >= 0.6 is 0 Å². The van der Waals surface area contributed by atoms with Gasteiger partial charge in [0.15, 0.2) is 0 Å². The predicted octanol–water partition coefficient (Wildman–Crippen LogP) is 2.78. The van der Waals surface area contributed by atoms with Gasteiger partial charge in [0.2, 0.25) is 5.91 Å². The summed E-state index contributed by atoms with van der Waals surface area (Å²) >= 11 is 0. The highest BCUT2D eigenvalue weighted by atomic mass is 16.2. The first-order valence-electron chi connectivity index (χ1n) is 11.0. The maximum atomic E-state index is 13.1. The van der Waals surface area contributed by atoms with Gasteiger partial charge in [-0.1, -0.05) is 36.4 Å². The minimum Gasteiger partial charge on any atom is -0.361 e. The third kappa shape index (κ3) is 3.43. The van der Waals surface area contributed by atoms with Crippen molar-refractivity contribution in [1.82, 2.24) is 20.5 Å². The van der Waals surface area contributed by atoms with E-state index in [0.29, 0.717) is 13.0 Å². The first kappa shape index (κ1) is 20.3. The third-order valence-electron chi connectivity index (χ3n) is 6.64. The second-order valence-electron chi connectivity index (χ2n) is 8.74. The number of benzene rings is 2. The fourth-order valence-electron chi connectivity index (χ4n) is 4.79. The number of hydrogen-bond donors (Lipinski definition) is 3. The summed E-state index contributed by atoms with van der Waals surface area (Å²) in [7, 11) is 0. The Bertz CT molecular complexity index is 1230. The molecule has 3 aromatic rings. The van der Waals surface area contributed by atoms with E-state index < -0.39 is 17.5 Å². The number of urea groups is 1. The lowest BCUT2D eigenvalue weighted by atomic mass is 9.89. The van der Waals surface area contributed by atoms with Gasteiger partial charge in [-0.15, -0.1) is 0 Å². The number of para-hydroxylation sites is 1. The van der Waals surface area contributed by atoms with Gasteiger partial charge in [-0.25, -0.2) is 4.79 Å². The van der Waals surface area contributed by atoms with Crippen molar-refractivity contribution in [2.24, 2.45) is 0 Å². The monoisotopic (exact) mass is 430 g/mol. The number of carbonyl (C=O) groups is 3. The predicted molar refractivity (Wildman–Crippen MR) is 121 cm³/mol. The lowest BCUT2D eigenvalue weighted by Gasteiger charge is -2.23. The zero-order valence-corrected chi connectivity index (χ0v) is 18.0. The van der Waals surface area contributed by atoms with Gasteiger partial charge in [-0.05, 0) is 60.9 Å². The SMILES string of the molecule is CC1(c2ccc3c(c2)CCC3)NC(=O)N(CC(=O)NCCc2c[nH]c3ccccc23)C1=O. The molecule has 32 heavy (non-hydrogen) atoms. The van der Waals surface area contributed by atoms with Crippen LogP contribution in [0.1, 0.15) is 35.6 Å². The van der Waals surface area contributed by atoms with Crippen LogP contribution < -0.4 is 10.6 Å². The molecular weight excluding hydrogens is 404 g/mol. The van der Waals surface area contributed by atoms with E-state index in [9.17, 15) is 14.4 Å². The van der Waals surface area contributed by atoms with Crippen LogP contribution in [0.15, 0.2) is 48.7 Å². The number of rotatable bonds is 6. The molecule has 0 saturated carbocycles. The second-order valence-corrected chi connectivity index (χ2v) is 8.74. The first-order chi connectivity index (χ1) is 15.5. The van der Waals surface area contributed by atoms with Gasteiger partial charge in [0.1, 0.15) is 12.1 Å². The number of imide groups is 1. The summed E-state index contributed by atoms with van der Waals surface area (Å²) in [5.41, 5.74) is 4.32. The average Bonchev–Trinajstić information content (AvgIpc) is 3.48. The third-order valence-corrected chi connectivity index (χ3v) is 6.64. The van der Waals surface area contributed by atoms with Gasteiger partial charge >= 0.3 is 6.03 Å². The number of aromatic nitrogens is 1. The van der Waals surface area contributed by atoms with Crippen molar-refractivity contribution < 1.29 is 14.4 Å². The maximum Gasteiger partial charge on any atom is 0.325 e. The largest absolute Gasteiger partial charge is 0.361 e. The number of aromatic amines is 1. The van der Waals surface area contributed by atoms with Gasteiger partial charge in [0.25, 0.3) is 5.91 Å². The standard InChI is InChI=1S/C25H26N4O3/c1-25(19-10-9-16-5-4-6-17(16)13-19)23(31)29(24(32)28-25)15-22(30)26-12-11-18-14-27-21-8-3-2-7-20(18)21/h2-3,7-10,13-14,27H,4-6,11-12,15H2,1H3,(H,26,30)(H,28,32). The molecule has 3 N–H and O–H groups in total. The molecule has 5 rings (SSSR count). The van der Waals surface area contributed by atoms with Crippen LogP contribution in [0, 0.1) is 0 Å². The van der Waals surface area contributed by atoms with Crippen LogP contribution in [0.3, 0.4) is 0 Å². The number of amides is 4. The minimum atomic E-state index is -1.15. The smallest absolute Gasteiger partial charge is 0.325 e. The van der Waals surface area contributed by atoms with E-state index in [2.05, 4.69) is 15.6 Å². The molecule has 2 heterocycles. The van der Waals surface area contributed by atoms with E-state index in [1.807, 2.05) is 48.7 Å². The molecule has 1 atom stereocenters. The molecule has 7 heteroatoms. The highest BCUT2D eigenvalue weighted by Gasteiger charge is 2.49. The molecule has 7 nitrogen and oxygen atoms in total. The molecule has 1 aliphatic carbocycles. The Hall–Kier alpha value is -3.61. The van der Waals surface area contributed by atoms with Crippen LogP contribution in [-0.4, -0.2) is 40.8 Å². The molecule has 0 spiro atoms. The summed E-state index contributed by atoms with van der Waals surface area (Å²) < 4.78 is 0. The second kappa shape index (κ2) is 7.82. The van der Waals surface area contributed by atoms with Crippen LogP contribution in [0.25, 0.3) is 10.9 Å². The molecule has 164 valence electrons. The number of nitrogens with zero attached hydrogens (tertiary/aromatic N) is 1.